The molecule has 0 aliphatic carbocycles. The molecule has 0 fully saturated rings. The SMILES string of the molecule is COc1ccc(OCC(=O)N/N=C/c2cccc(OC)c2)cc1. The summed E-state index contributed by atoms with van der Waals surface area (Å²) >= 11 is 0. The first-order chi connectivity index (χ1) is 11.2. The van der Waals surface area contributed by atoms with Gasteiger partial charge in [-0.25, -0.2) is 5.43 Å². The lowest BCUT2D eigenvalue weighted by molar-refractivity contribution is -0.123. The van der Waals surface area contributed by atoms with Gasteiger partial charge in [0, 0.05) is 0 Å². The summed E-state index contributed by atoms with van der Waals surface area (Å²) < 4.78 is 15.5. The molecule has 0 saturated heterocycles. The molecule has 0 radical (unpaired) electrons. The molecule has 23 heavy (non-hydrogen) atoms. The van der Waals surface area contributed by atoms with Crippen LogP contribution in [0.5, 0.6) is 17.2 Å². The molecule has 0 atom stereocenters. The van der Waals surface area contributed by atoms with E-state index in [-0.39, 0.29) is 12.5 Å². The maximum atomic E-state index is 11.7. The van der Waals surface area contributed by atoms with Gasteiger partial charge in [-0.3, -0.25) is 4.79 Å². The molecule has 1 N–H and O–H groups in total. The van der Waals surface area contributed by atoms with Gasteiger partial charge in [0.05, 0.1) is 20.4 Å². The quantitative estimate of drug-likeness (QED) is 0.628. The standard InChI is InChI=1S/C17H18N2O4/c1-21-14-6-8-15(9-7-14)23-12-17(20)19-18-11-13-4-3-5-16(10-13)22-2/h3-11H,12H2,1-2H3,(H,19,20)/b18-11+. The minimum absolute atomic E-state index is 0.123. The molecule has 0 unspecified atom stereocenters. The summed E-state index contributed by atoms with van der Waals surface area (Å²) in [5.74, 6) is 1.69. The fraction of sp³-hybridized carbons (Fsp3) is 0.176. The van der Waals surface area contributed by atoms with E-state index in [4.69, 9.17) is 14.2 Å². The van der Waals surface area contributed by atoms with Crippen molar-refractivity contribution in [1.29, 1.82) is 0 Å². The van der Waals surface area contributed by atoms with E-state index in [2.05, 4.69) is 10.5 Å². The number of amides is 1. The van der Waals surface area contributed by atoms with Gasteiger partial charge in [0.15, 0.2) is 6.61 Å². The molecule has 2 rings (SSSR count). The topological polar surface area (TPSA) is 69.2 Å². The van der Waals surface area contributed by atoms with Crippen molar-refractivity contribution in [3.05, 3.63) is 54.1 Å². The van der Waals surface area contributed by atoms with Gasteiger partial charge in [0.1, 0.15) is 17.2 Å². The van der Waals surface area contributed by atoms with Crippen LogP contribution in [0, 0.1) is 0 Å². The predicted molar refractivity (Wildman–Crippen MR) is 87.2 cm³/mol. The van der Waals surface area contributed by atoms with Gasteiger partial charge in [-0.1, -0.05) is 12.1 Å². The Kier molecular flexibility index (Phi) is 5.99. The van der Waals surface area contributed by atoms with Crippen molar-refractivity contribution < 1.29 is 19.0 Å². The summed E-state index contributed by atoms with van der Waals surface area (Å²) in [6.07, 6.45) is 1.54. The summed E-state index contributed by atoms with van der Waals surface area (Å²) in [5, 5.41) is 3.88. The van der Waals surface area contributed by atoms with E-state index in [0.29, 0.717) is 5.75 Å². The first kappa shape index (κ1) is 16.4. The number of nitrogens with one attached hydrogen (secondary N) is 1. The van der Waals surface area contributed by atoms with Gasteiger partial charge < -0.3 is 14.2 Å². The first-order valence-corrected chi connectivity index (χ1v) is 6.94. The van der Waals surface area contributed by atoms with E-state index in [1.165, 1.54) is 6.21 Å². The number of ether oxygens (including phenoxy) is 3. The van der Waals surface area contributed by atoms with E-state index in [9.17, 15) is 4.79 Å². The van der Waals surface area contributed by atoms with Crippen LogP contribution < -0.4 is 19.6 Å². The molecular weight excluding hydrogens is 296 g/mol. The van der Waals surface area contributed by atoms with Crippen molar-refractivity contribution in [3.8, 4) is 17.2 Å². The van der Waals surface area contributed by atoms with Crippen molar-refractivity contribution in [2.24, 2.45) is 5.10 Å². The average molecular weight is 314 g/mol. The van der Waals surface area contributed by atoms with Crippen molar-refractivity contribution in [3.63, 3.8) is 0 Å². The Labute approximate surface area is 134 Å². The van der Waals surface area contributed by atoms with Gasteiger partial charge in [-0.15, -0.1) is 0 Å². The molecule has 6 heteroatoms. The second-order valence-corrected chi connectivity index (χ2v) is 4.53. The van der Waals surface area contributed by atoms with E-state index in [1.54, 1.807) is 38.5 Å². The number of hydrogen-bond acceptors (Lipinski definition) is 5. The number of carbonyl (C=O) groups excluding carboxylic acids is 1. The van der Waals surface area contributed by atoms with Crippen molar-refractivity contribution in [2.45, 2.75) is 0 Å². The summed E-state index contributed by atoms with van der Waals surface area (Å²) in [7, 11) is 3.18. The van der Waals surface area contributed by atoms with Crippen molar-refractivity contribution in [2.75, 3.05) is 20.8 Å². The molecule has 0 spiro atoms. The van der Waals surface area contributed by atoms with Crippen LogP contribution >= 0.6 is 0 Å². The third-order valence-corrected chi connectivity index (χ3v) is 2.93. The van der Waals surface area contributed by atoms with Crippen LogP contribution in [0.1, 0.15) is 5.56 Å². The van der Waals surface area contributed by atoms with Crippen LogP contribution in [0.3, 0.4) is 0 Å². The van der Waals surface area contributed by atoms with E-state index >= 15 is 0 Å². The number of rotatable bonds is 7. The molecular formula is C17H18N2O4. The fourth-order valence-corrected chi connectivity index (χ4v) is 1.75. The smallest absolute Gasteiger partial charge is 0.277 e. The van der Waals surface area contributed by atoms with Crippen molar-refractivity contribution >= 4 is 12.1 Å². The van der Waals surface area contributed by atoms with Gasteiger partial charge in [-0.05, 0) is 42.0 Å². The van der Waals surface area contributed by atoms with Gasteiger partial charge in [-0.2, -0.15) is 5.10 Å². The molecule has 0 heterocycles. The normalized spacial score (nSPS) is 10.3. The molecule has 6 nitrogen and oxygen atoms in total. The van der Waals surface area contributed by atoms with Crippen LogP contribution in [0.4, 0.5) is 0 Å². The fourth-order valence-electron chi connectivity index (χ4n) is 1.75. The van der Waals surface area contributed by atoms with E-state index in [0.717, 1.165) is 17.1 Å². The van der Waals surface area contributed by atoms with E-state index < -0.39 is 0 Å². The number of hydrogen-bond donors (Lipinski definition) is 1. The summed E-state index contributed by atoms with van der Waals surface area (Å²) in [6.45, 7) is -0.123. The molecule has 0 aliphatic heterocycles. The Morgan fingerprint density at radius 1 is 1.04 bits per heavy atom. The third kappa shape index (κ3) is 5.35. The number of benzene rings is 2. The van der Waals surface area contributed by atoms with Gasteiger partial charge >= 0.3 is 0 Å². The van der Waals surface area contributed by atoms with Gasteiger partial charge in [0.2, 0.25) is 0 Å². The number of carbonyl (C=O) groups is 1. The molecule has 0 saturated carbocycles. The highest BCUT2D eigenvalue weighted by Gasteiger charge is 2.01. The highest BCUT2D eigenvalue weighted by molar-refractivity contribution is 5.83. The zero-order valence-corrected chi connectivity index (χ0v) is 13.0. The third-order valence-electron chi connectivity index (χ3n) is 2.93. The number of nitrogens with zero attached hydrogens (tertiary/aromatic N) is 1. The monoisotopic (exact) mass is 314 g/mol. The largest absolute Gasteiger partial charge is 0.497 e. The second-order valence-electron chi connectivity index (χ2n) is 4.53. The lowest BCUT2D eigenvalue weighted by Crippen LogP contribution is -2.24. The predicted octanol–water partition coefficient (Wildman–Crippen LogP) is 2.23. The summed E-state index contributed by atoms with van der Waals surface area (Å²) in [6, 6.07) is 14.3. The Balaban J connectivity index is 1.78. The maximum Gasteiger partial charge on any atom is 0.277 e. The second kappa shape index (κ2) is 8.43. The Bertz CT molecular complexity index is 669. The van der Waals surface area contributed by atoms with Crippen LogP contribution in [-0.4, -0.2) is 32.9 Å². The van der Waals surface area contributed by atoms with Crippen LogP contribution in [-0.2, 0) is 4.79 Å². The maximum absolute atomic E-state index is 11.7. The molecule has 0 bridgehead atoms. The first-order valence-electron chi connectivity index (χ1n) is 6.94. The zero-order valence-electron chi connectivity index (χ0n) is 13.0. The van der Waals surface area contributed by atoms with Crippen LogP contribution in [0.15, 0.2) is 53.6 Å². The van der Waals surface area contributed by atoms with Gasteiger partial charge in [0.25, 0.3) is 5.91 Å². The Hall–Kier alpha value is -3.02. The molecule has 120 valence electrons. The van der Waals surface area contributed by atoms with Crippen LogP contribution in [0.25, 0.3) is 0 Å². The lowest BCUT2D eigenvalue weighted by atomic mass is 10.2. The lowest BCUT2D eigenvalue weighted by Gasteiger charge is -2.06. The Morgan fingerprint density at radius 3 is 2.43 bits per heavy atom. The summed E-state index contributed by atoms with van der Waals surface area (Å²) in [4.78, 5) is 11.7. The van der Waals surface area contributed by atoms with E-state index in [1.807, 2.05) is 24.3 Å². The minimum Gasteiger partial charge on any atom is -0.497 e. The number of methoxy groups -OCH3 is 2. The highest BCUT2D eigenvalue weighted by Crippen LogP contribution is 2.16. The number of hydrazone groups is 1. The molecule has 1 amide bonds. The summed E-state index contributed by atoms with van der Waals surface area (Å²) in [5.41, 5.74) is 3.22. The minimum atomic E-state index is -0.347. The zero-order chi connectivity index (χ0) is 16.5. The molecule has 0 aromatic heterocycles. The highest BCUT2D eigenvalue weighted by atomic mass is 16.5. The van der Waals surface area contributed by atoms with Crippen molar-refractivity contribution in [1.82, 2.24) is 5.43 Å². The molecule has 2 aromatic carbocycles. The average Bonchev–Trinajstić information content (AvgIpc) is 2.60. The molecule has 0 aliphatic rings. The molecule has 2 aromatic rings. The Morgan fingerprint density at radius 2 is 1.74 bits per heavy atom. The van der Waals surface area contributed by atoms with Crippen LogP contribution in [0.2, 0.25) is 0 Å².